The molecule has 2 amide bonds. The Balaban J connectivity index is 1.98. The zero-order chi connectivity index (χ0) is 16.8. The first kappa shape index (κ1) is 17.3. The highest BCUT2D eigenvalue weighted by Crippen LogP contribution is 2.26. The molecule has 0 atom stereocenters. The smallest absolute Gasteiger partial charge is 0.224 e. The second-order valence-electron chi connectivity index (χ2n) is 5.77. The molecule has 0 radical (unpaired) electrons. The molecule has 2 rings (SSSR count). The minimum atomic E-state index is -1.08. The van der Waals surface area contributed by atoms with Crippen molar-refractivity contribution >= 4 is 23.2 Å². The molecule has 1 aromatic rings. The Morgan fingerprint density at radius 1 is 1.13 bits per heavy atom. The molecule has 126 valence electrons. The predicted octanol–water partition coefficient (Wildman–Crippen LogP) is 2.64. The van der Waals surface area contributed by atoms with Crippen LogP contribution in [0.4, 0.5) is 20.2 Å². The van der Waals surface area contributed by atoms with Crippen molar-refractivity contribution in [2.24, 2.45) is 5.92 Å². The lowest BCUT2D eigenvalue weighted by atomic mass is 9.93. The number of anilines is 2. The predicted molar refractivity (Wildman–Crippen MR) is 84.1 cm³/mol. The van der Waals surface area contributed by atoms with Crippen LogP contribution in [0.15, 0.2) is 12.1 Å². The van der Waals surface area contributed by atoms with Crippen molar-refractivity contribution in [1.29, 1.82) is 0 Å². The van der Waals surface area contributed by atoms with E-state index in [4.69, 9.17) is 0 Å². The summed E-state index contributed by atoms with van der Waals surface area (Å²) in [6.45, 7) is 3.17. The number of rotatable bonds is 5. The molecule has 1 aromatic carbocycles. The SMILES string of the molecule is CC(=O)Nc1cc(F)c(F)cc1NC(=O)CCC1CCNCC1. The topological polar surface area (TPSA) is 70.2 Å². The number of hydrogen-bond acceptors (Lipinski definition) is 3. The third kappa shape index (κ3) is 5.28. The molecule has 23 heavy (non-hydrogen) atoms. The van der Waals surface area contributed by atoms with E-state index >= 15 is 0 Å². The van der Waals surface area contributed by atoms with E-state index in [0.717, 1.165) is 44.5 Å². The quantitative estimate of drug-likeness (QED) is 0.779. The van der Waals surface area contributed by atoms with Crippen LogP contribution in [0.1, 0.15) is 32.6 Å². The first-order valence-electron chi connectivity index (χ1n) is 7.73. The maximum atomic E-state index is 13.4. The van der Waals surface area contributed by atoms with E-state index in [1.54, 1.807) is 0 Å². The van der Waals surface area contributed by atoms with Gasteiger partial charge < -0.3 is 16.0 Å². The van der Waals surface area contributed by atoms with Crippen LogP contribution in [0.5, 0.6) is 0 Å². The van der Waals surface area contributed by atoms with E-state index in [2.05, 4.69) is 16.0 Å². The Morgan fingerprint density at radius 2 is 1.70 bits per heavy atom. The molecule has 0 aliphatic carbocycles. The van der Waals surface area contributed by atoms with E-state index in [9.17, 15) is 18.4 Å². The molecule has 1 heterocycles. The average Bonchev–Trinajstić information content (AvgIpc) is 2.51. The maximum absolute atomic E-state index is 13.4. The molecule has 3 N–H and O–H groups in total. The normalized spacial score (nSPS) is 15.3. The van der Waals surface area contributed by atoms with Crippen LogP contribution in [0.2, 0.25) is 0 Å². The Morgan fingerprint density at radius 3 is 2.26 bits per heavy atom. The van der Waals surface area contributed by atoms with Gasteiger partial charge in [0.1, 0.15) is 0 Å². The largest absolute Gasteiger partial charge is 0.324 e. The van der Waals surface area contributed by atoms with Crippen molar-refractivity contribution in [3.8, 4) is 0 Å². The van der Waals surface area contributed by atoms with Crippen molar-refractivity contribution in [3.05, 3.63) is 23.8 Å². The second kappa shape index (κ2) is 8.01. The van der Waals surface area contributed by atoms with Crippen LogP contribution in [-0.2, 0) is 9.59 Å². The highest BCUT2D eigenvalue weighted by molar-refractivity contribution is 5.98. The van der Waals surface area contributed by atoms with Crippen molar-refractivity contribution in [2.45, 2.75) is 32.6 Å². The van der Waals surface area contributed by atoms with Crippen molar-refractivity contribution in [1.82, 2.24) is 5.32 Å². The molecular formula is C16H21F2N3O2. The number of nitrogens with one attached hydrogen (secondary N) is 3. The van der Waals surface area contributed by atoms with Gasteiger partial charge in [0, 0.05) is 25.5 Å². The van der Waals surface area contributed by atoms with Crippen LogP contribution in [-0.4, -0.2) is 24.9 Å². The molecule has 1 aliphatic rings. The Kier molecular flexibility index (Phi) is 6.04. The molecule has 0 spiro atoms. The maximum Gasteiger partial charge on any atom is 0.224 e. The third-order valence-corrected chi connectivity index (χ3v) is 3.88. The fourth-order valence-electron chi connectivity index (χ4n) is 2.66. The van der Waals surface area contributed by atoms with E-state index in [1.807, 2.05) is 0 Å². The first-order valence-corrected chi connectivity index (χ1v) is 7.73. The zero-order valence-electron chi connectivity index (χ0n) is 13.0. The van der Waals surface area contributed by atoms with E-state index in [-0.39, 0.29) is 17.3 Å². The van der Waals surface area contributed by atoms with Crippen LogP contribution in [0.3, 0.4) is 0 Å². The monoisotopic (exact) mass is 325 g/mol. The molecule has 0 bridgehead atoms. The standard InChI is InChI=1S/C16H21F2N3O2/c1-10(22)20-14-8-12(17)13(18)9-15(14)21-16(23)3-2-11-4-6-19-7-5-11/h8-9,11,19H,2-7H2,1H3,(H,20,22)(H,21,23). The van der Waals surface area contributed by atoms with Gasteiger partial charge in [0.2, 0.25) is 11.8 Å². The van der Waals surface area contributed by atoms with Crippen molar-refractivity contribution in [3.63, 3.8) is 0 Å². The second-order valence-corrected chi connectivity index (χ2v) is 5.77. The van der Waals surface area contributed by atoms with Crippen molar-refractivity contribution < 1.29 is 18.4 Å². The van der Waals surface area contributed by atoms with Gasteiger partial charge in [0.25, 0.3) is 0 Å². The van der Waals surface area contributed by atoms with Gasteiger partial charge >= 0.3 is 0 Å². The zero-order valence-corrected chi connectivity index (χ0v) is 13.0. The number of carbonyl (C=O) groups excluding carboxylic acids is 2. The highest BCUT2D eigenvalue weighted by Gasteiger charge is 2.16. The van der Waals surface area contributed by atoms with Crippen LogP contribution in [0.25, 0.3) is 0 Å². The lowest BCUT2D eigenvalue weighted by molar-refractivity contribution is -0.116. The number of benzene rings is 1. The van der Waals surface area contributed by atoms with E-state index < -0.39 is 17.5 Å². The fraction of sp³-hybridized carbons (Fsp3) is 0.500. The number of carbonyl (C=O) groups is 2. The van der Waals surface area contributed by atoms with Gasteiger partial charge in [0.05, 0.1) is 11.4 Å². The summed E-state index contributed by atoms with van der Waals surface area (Å²) in [5.41, 5.74) is 0.112. The summed E-state index contributed by atoms with van der Waals surface area (Å²) in [6.07, 6.45) is 3.14. The minimum Gasteiger partial charge on any atom is -0.324 e. The number of piperidine rings is 1. The summed E-state index contributed by atoms with van der Waals surface area (Å²) < 4.78 is 26.7. The molecule has 0 aromatic heterocycles. The summed E-state index contributed by atoms with van der Waals surface area (Å²) in [5, 5.41) is 8.19. The van der Waals surface area contributed by atoms with Gasteiger partial charge in [0.15, 0.2) is 11.6 Å². The molecular weight excluding hydrogens is 304 g/mol. The Labute approximate surface area is 133 Å². The molecule has 7 heteroatoms. The van der Waals surface area contributed by atoms with Gasteiger partial charge in [-0.15, -0.1) is 0 Å². The van der Waals surface area contributed by atoms with Crippen LogP contribution in [0, 0.1) is 17.6 Å². The Hall–Kier alpha value is -2.02. The summed E-state index contributed by atoms with van der Waals surface area (Å²) in [7, 11) is 0. The van der Waals surface area contributed by atoms with Crippen LogP contribution >= 0.6 is 0 Å². The van der Waals surface area contributed by atoms with Gasteiger partial charge in [-0.05, 0) is 38.3 Å². The van der Waals surface area contributed by atoms with Gasteiger partial charge in [-0.25, -0.2) is 8.78 Å². The molecule has 0 unspecified atom stereocenters. The van der Waals surface area contributed by atoms with Crippen LogP contribution < -0.4 is 16.0 Å². The molecule has 0 saturated carbocycles. The summed E-state index contributed by atoms with van der Waals surface area (Å²) in [6, 6.07) is 1.74. The summed E-state index contributed by atoms with van der Waals surface area (Å²) >= 11 is 0. The average molecular weight is 325 g/mol. The van der Waals surface area contributed by atoms with Gasteiger partial charge in [-0.2, -0.15) is 0 Å². The van der Waals surface area contributed by atoms with Gasteiger partial charge in [-0.1, -0.05) is 0 Å². The fourth-order valence-corrected chi connectivity index (χ4v) is 2.66. The third-order valence-electron chi connectivity index (χ3n) is 3.88. The lowest BCUT2D eigenvalue weighted by Crippen LogP contribution is -2.28. The molecule has 1 aliphatic heterocycles. The molecule has 5 nitrogen and oxygen atoms in total. The Bertz CT molecular complexity index is 587. The number of hydrogen-bond donors (Lipinski definition) is 3. The number of halogens is 2. The summed E-state index contributed by atoms with van der Waals surface area (Å²) in [5.74, 6) is -2.36. The number of amides is 2. The lowest BCUT2D eigenvalue weighted by Gasteiger charge is -2.22. The summed E-state index contributed by atoms with van der Waals surface area (Å²) in [4.78, 5) is 23.2. The highest BCUT2D eigenvalue weighted by atomic mass is 19.2. The minimum absolute atomic E-state index is 0.0478. The van der Waals surface area contributed by atoms with Gasteiger partial charge in [-0.3, -0.25) is 9.59 Å². The van der Waals surface area contributed by atoms with Crippen molar-refractivity contribution in [2.75, 3.05) is 23.7 Å². The first-order chi connectivity index (χ1) is 11.0. The van der Waals surface area contributed by atoms with E-state index in [0.29, 0.717) is 12.3 Å². The molecule has 1 saturated heterocycles. The van der Waals surface area contributed by atoms with E-state index in [1.165, 1.54) is 6.92 Å². The molecule has 1 fully saturated rings.